The number of rotatable bonds is 3. The van der Waals surface area contributed by atoms with Gasteiger partial charge in [0.25, 0.3) is 0 Å². The molecule has 2 aromatic rings. The highest BCUT2D eigenvalue weighted by atomic mass is 32.2. The average molecular weight is 324 g/mol. The Morgan fingerprint density at radius 1 is 1.36 bits per heavy atom. The number of fused-ring (bicyclic) bond motifs is 1. The molecule has 0 amide bonds. The normalized spacial score (nSPS) is 22.1. The van der Waals surface area contributed by atoms with Crippen molar-refractivity contribution in [3.8, 4) is 0 Å². The number of nitrogens with zero attached hydrogens (tertiary/aromatic N) is 1. The highest BCUT2D eigenvalue weighted by Gasteiger charge is 2.52. The van der Waals surface area contributed by atoms with Crippen LogP contribution < -0.4 is 5.76 Å². The van der Waals surface area contributed by atoms with Crippen LogP contribution in [0.5, 0.6) is 0 Å². The Morgan fingerprint density at radius 3 is 2.64 bits per heavy atom. The van der Waals surface area contributed by atoms with E-state index in [1.165, 1.54) is 12.1 Å². The largest absolute Gasteiger partial charge is 0.417 e. The summed E-state index contributed by atoms with van der Waals surface area (Å²) in [5, 5.41) is 0. The van der Waals surface area contributed by atoms with Crippen LogP contribution in [0.25, 0.3) is 11.1 Å². The Hall–Kier alpha value is -1.60. The molecule has 0 aliphatic carbocycles. The number of nitrogens with one attached hydrogen (secondary N) is 1. The van der Waals surface area contributed by atoms with Crippen LogP contribution in [0.15, 0.2) is 32.3 Å². The molecule has 1 saturated heterocycles. The van der Waals surface area contributed by atoms with Gasteiger partial charge in [0, 0.05) is 18.7 Å². The second-order valence-electron chi connectivity index (χ2n) is 6.90. The lowest BCUT2D eigenvalue weighted by molar-refractivity contribution is -0.00923. The van der Waals surface area contributed by atoms with Gasteiger partial charge in [-0.05, 0) is 23.5 Å². The number of hydrogen-bond donors (Lipinski definition) is 1. The van der Waals surface area contributed by atoms with Gasteiger partial charge in [-0.25, -0.2) is 13.2 Å². The Balaban J connectivity index is 2.03. The number of aromatic nitrogens is 1. The molecule has 0 spiro atoms. The van der Waals surface area contributed by atoms with Crippen molar-refractivity contribution >= 4 is 21.1 Å². The highest BCUT2D eigenvalue weighted by Crippen LogP contribution is 2.44. The summed E-state index contributed by atoms with van der Waals surface area (Å²) in [7, 11) is -3.59. The molecule has 120 valence electrons. The zero-order chi connectivity index (χ0) is 16.3. The minimum atomic E-state index is -3.59. The van der Waals surface area contributed by atoms with Crippen molar-refractivity contribution < 1.29 is 12.8 Å². The van der Waals surface area contributed by atoms with Crippen LogP contribution in [-0.2, 0) is 10.0 Å². The van der Waals surface area contributed by atoms with Crippen LogP contribution in [-0.4, -0.2) is 30.3 Å². The summed E-state index contributed by atoms with van der Waals surface area (Å²) in [6, 6.07) is 4.44. The fraction of sp³-hybridized carbons (Fsp3) is 0.533. The van der Waals surface area contributed by atoms with E-state index < -0.39 is 15.8 Å². The van der Waals surface area contributed by atoms with Crippen LogP contribution >= 0.6 is 0 Å². The number of oxazole rings is 1. The third kappa shape index (κ3) is 2.19. The molecule has 1 atom stereocenters. The van der Waals surface area contributed by atoms with Crippen molar-refractivity contribution in [3.05, 3.63) is 28.7 Å². The van der Waals surface area contributed by atoms with Gasteiger partial charge in [-0.3, -0.25) is 4.98 Å². The van der Waals surface area contributed by atoms with E-state index in [9.17, 15) is 13.2 Å². The second kappa shape index (κ2) is 4.70. The van der Waals surface area contributed by atoms with Gasteiger partial charge >= 0.3 is 5.76 Å². The zero-order valence-corrected chi connectivity index (χ0v) is 13.9. The highest BCUT2D eigenvalue weighted by molar-refractivity contribution is 7.89. The van der Waals surface area contributed by atoms with E-state index in [1.54, 1.807) is 10.4 Å². The van der Waals surface area contributed by atoms with E-state index in [0.29, 0.717) is 12.1 Å². The van der Waals surface area contributed by atoms with Crippen LogP contribution in [0.4, 0.5) is 0 Å². The second-order valence-corrected chi connectivity index (χ2v) is 8.79. The minimum absolute atomic E-state index is 0.0357. The SMILES string of the molecule is CC(C)C1N(S(=O)(=O)c2ccc3[nH]c(=O)oc3c2)CC1(C)C. The Morgan fingerprint density at radius 2 is 2.05 bits per heavy atom. The van der Waals surface area contributed by atoms with Crippen LogP contribution in [0.3, 0.4) is 0 Å². The first-order valence-corrected chi connectivity index (χ1v) is 8.72. The third-order valence-corrected chi connectivity index (χ3v) is 6.13. The van der Waals surface area contributed by atoms with Crippen LogP contribution in [0.1, 0.15) is 27.7 Å². The van der Waals surface area contributed by atoms with Crippen molar-refractivity contribution in [2.24, 2.45) is 11.3 Å². The van der Waals surface area contributed by atoms with Gasteiger partial charge in [0.2, 0.25) is 10.0 Å². The summed E-state index contributed by atoms with van der Waals surface area (Å²) in [5.74, 6) is -0.359. The lowest BCUT2D eigenvalue weighted by Gasteiger charge is -2.55. The van der Waals surface area contributed by atoms with E-state index in [4.69, 9.17) is 4.42 Å². The van der Waals surface area contributed by atoms with E-state index in [-0.39, 0.29) is 27.9 Å². The molecule has 1 fully saturated rings. The molecule has 1 aliphatic heterocycles. The number of H-pyrrole nitrogens is 1. The first-order chi connectivity index (χ1) is 10.1. The molecule has 22 heavy (non-hydrogen) atoms. The van der Waals surface area contributed by atoms with Crippen LogP contribution in [0.2, 0.25) is 0 Å². The summed E-state index contributed by atoms with van der Waals surface area (Å²) in [5.41, 5.74) is 0.715. The predicted molar refractivity (Wildman–Crippen MR) is 83.1 cm³/mol. The maximum absolute atomic E-state index is 12.9. The first-order valence-electron chi connectivity index (χ1n) is 7.28. The molecule has 1 aromatic heterocycles. The van der Waals surface area contributed by atoms with Crippen molar-refractivity contribution in [1.82, 2.24) is 9.29 Å². The molecule has 1 N–H and O–H groups in total. The topological polar surface area (TPSA) is 83.4 Å². The fourth-order valence-corrected chi connectivity index (χ4v) is 5.66. The molecule has 1 aromatic carbocycles. The van der Waals surface area contributed by atoms with Gasteiger partial charge in [-0.15, -0.1) is 0 Å². The molecular weight excluding hydrogens is 304 g/mol. The monoisotopic (exact) mass is 324 g/mol. The molecule has 0 bridgehead atoms. The van der Waals surface area contributed by atoms with E-state index in [0.717, 1.165) is 0 Å². The maximum atomic E-state index is 12.9. The standard InChI is InChI=1S/C15H20N2O4S/c1-9(2)13-15(3,4)8-17(13)22(19,20)10-5-6-11-12(7-10)21-14(18)16-11/h5-7,9,13H,8H2,1-4H3,(H,16,18). The molecule has 1 unspecified atom stereocenters. The van der Waals surface area contributed by atoms with E-state index in [2.05, 4.69) is 18.8 Å². The number of hydrogen-bond acceptors (Lipinski definition) is 4. The van der Waals surface area contributed by atoms with Gasteiger partial charge in [-0.2, -0.15) is 4.31 Å². The zero-order valence-electron chi connectivity index (χ0n) is 13.1. The third-order valence-electron chi connectivity index (χ3n) is 4.30. The molecule has 2 heterocycles. The molecular formula is C15H20N2O4S. The Labute approximate surface area is 129 Å². The van der Waals surface area contributed by atoms with Gasteiger partial charge in [0.1, 0.15) is 0 Å². The minimum Gasteiger partial charge on any atom is -0.408 e. The van der Waals surface area contributed by atoms with Gasteiger partial charge in [0.15, 0.2) is 5.58 Å². The Bertz CT molecular complexity index is 876. The van der Waals surface area contributed by atoms with E-state index >= 15 is 0 Å². The molecule has 6 nitrogen and oxygen atoms in total. The first kappa shape index (κ1) is 15.3. The van der Waals surface area contributed by atoms with Gasteiger partial charge in [0.05, 0.1) is 10.4 Å². The van der Waals surface area contributed by atoms with E-state index in [1.807, 2.05) is 13.8 Å². The molecule has 0 saturated carbocycles. The lowest BCUT2D eigenvalue weighted by atomic mass is 9.72. The molecule has 0 radical (unpaired) electrons. The number of benzene rings is 1. The van der Waals surface area contributed by atoms with Crippen molar-refractivity contribution in [1.29, 1.82) is 0 Å². The summed E-state index contributed by atoms with van der Waals surface area (Å²) in [4.78, 5) is 13.9. The smallest absolute Gasteiger partial charge is 0.408 e. The quantitative estimate of drug-likeness (QED) is 0.938. The predicted octanol–water partition coefficient (Wildman–Crippen LogP) is 2.18. The van der Waals surface area contributed by atoms with Crippen molar-refractivity contribution in [2.45, 2.75) is 38.6 Å². The van der Waals surface area contributed by atoms with Crippen molar-refractivity contribution in [3.63, 3.8) is 0 Å². The average Bonchev–Trinajstić information content (AvgIpc) is 2.74. The van der Waals surface area contributed by atoms with Crippen molar-refractivity contribution in [2.75, 3.05) is 6.54 Å². The molecule has 3 rings (SSSR count). The summed E-state index contributed by atoms with van der Waals surface area (Å²) < 4.78 is 32.2. The summed E-state index contributed by atoms with van der Waals surface area (Å²) >= 11 is 0. The fourth-order valence-electron chi connectivity index (χ4n) is 3.56. The lowest BCUT2D eigenvalue weighted by Crippen LogP contribution is -2.65. The Kier molecular flexibility index (Phi) is 3.27. The summed E-state index contributed by atoms with van der Waals surface area (Å²) in [6.45, 7) is 8.72. The summed E-state index contributed by atoms with van der Waals surface area (Å²) in [6.07, 6.45) is 0. The molecule has 1 aliphatic rings. The van der Waals surface area contributed by atoms with Crippen LogP contribution in [0, 0.1) is 11.3 Å². The molecule has 7 heteroatoms. The van der Waals surface area contributed by atoms with Gasteiger partial charge in [-0.1, -0.05) is 27.7 Å². The number of sulfonamides is 1. The van der Waals surface area contributed by atoms with Gasteiger partial charge < -0.3 is 4.42 Å². The maximum Gasteiger partial charge on any atom is 0.417 e. The number of aromatic amines is 1.